The van der Waals surface area contributed by atoms with Crippen molar-refractivity contribution in [3.05, 3.63) is 107 Å². The van der Waals surface area contributed by atoms with Gasteiger partial charge in [0.05, 0.1) is 38.1 Å². The Hall–Kier alpha value is -3.88. The van der Waals surface area contributed by atoms with Crippen LogP contribution in [0.5, 0.6) is 5.75 Å². The summed E-state index contributed by atoms with van der Waals surface area (Å²) in [4.78, 5) is 9.40. The van der Waals surface area contributed by atoms with Crippen LogP contribution >= 0.6 is 12.2 Å². The first-order valence-corrected chi connectivity index (χ1v) is 14.2. The average Bonchev–Trinajstić information content (AvgIpc) is 3.48. The van der Waals surface area contributed by atoms with Crippen molar-refractivity contribution in [3.8, 4) is 11.4 Å². The van der Waals surface area contributed by atoms with E-state index < -0.39 is 0 Å². The molecule has 6 rings (SSSR count). The molecule has 2 fully saturated rings. The molecule has 40 heavy (non-hydrogen) atoms. The fourth-order valence-corrected chi connectivity index (χ4v) is 6.27. The molecule has 0 amide bonds. The molecular formula is C32H35N5O2S. The number of morpholine rings is 1. The van der Waals surface area contributed by atoms with Crippen molar-refractivity contribution in [1.82, 2.24) is 19.8 Å². The van der Waals surface area contributed by atoms with E-state index in [1.807, 2.05) is 30.5 Å². The smallest absolute Gasteiger partial charge is 0.170 e. The fraction of sp³-hybridized carbons (Fsp3) is 0.312. The van der Waals surface area contributed by atoms with Crippen molar-refractivity contribution in [2.75, 3.05) is 38.3 Å². The number of methoxy groups -OCH3 is 1. The van der Waals surface area contributed by atoms with E-state index in [9.17, 15) is 0 Å². The summed E-state index contributed by atoms with van der Waals surface area (Å²) in [6.07, 6.45) is 1.85. The van der Waals surface area contributed by atoms with E-state index in [2.05, 4.69) is 82.1 Å². The highest BCUT2D eigenvalue weighted by Crippen LogP contribution is 2.42. The highest BCUT2D eigenvalue weighted by molar-refractivity contribution is 7.80. The number of hydrogen-bond donors (Lipinski definition) is 1. The van der Waals surface area contributed by atoms with Gasteiger partial charge in [-0.15, -0.1) is 0 Å². The molecule has 2 aromatic heterocycles. The molecule has 0 aliphatic carbocycles. The highest BCUT2D eigenvalue weighted by Gasteiger charge is 2.41. The number of thiocarbonyl (C=S) groups is 1. The summed E-state index contributed by atoms with van der Waals surface area (Å²) in [7, 11) is 1.69. The summed E-state index contributed by atoms with van der Waals surface area (Å²) >= 11 is 5.94. The summed E-state index contributed by atoms with van der Waals surface area (Å²) in [5.41, 5.74) is 8.17. The van der Waals surface area contributed by atoms with Crippen molar-refractivity contribution in [2.45, 2.75) is 32.5 Å². The Balaban J connectivity index is 1.36. The molecule has 0 spiro atoms. The Bertz CT molecular complexity index is 1460. The van der Waals surface area contributed by atoms with Gasteiger partial charge in [0.2, 0.25) is 0 Å². The van der Waals surface area contributed by atoms with Crippen LogP contribution in [0.15, 0.2) is 79.0 Å². The molecule has 2 atom stereocenters. The molecule has 0 bridgehead atoms. The topological polar surface area (TPSA) is 54.8 Å². The predicted octanol–water partition coefficient (Wildman–Crippen LogP) is 5.51. The van der Waals surface area contributed by atoms with Crippen LogP contribution in [-0.2, 0) is 11.3 Å². The third-order valence-corrected chi connectivity index (χ3v) is 8.34. The van der Waals surface area contributed by atoms with Gasteiger partial charge in [-0.2, -0.15) is 0 Å². The minimum Gasteiger partial charge on any atom is -0.497 e. The van der Waals surface area contributed by atoms with Crippen molar-refractivity contribution in [3.63, 3.8) is 0 Å². The molecule has 7 nitrogen and oxygen atoms in total. The number of hydrogen-bond acceptors (Lipinski definition) is 5. The second kappa shape index (κ2) is 11.3. The standard InChI is InChI=1S/C32H35N5O2S/c1-22-20-28(23(2)37(22)26-11-9-25(10-12-26)35-16-18-39-19-17-35)31-30(29-6-4-5-15-33-29)34-32(40)36(31)21-24-7-13-27(38-3)14-8-24/h4-15,20,30-31H,16-19,21H2,1-3H3,(H,34,40)/t30-,31-/m1/s1. The monoisotopic (exact) mass is 553 g/mol. The number of ether oxygens (including phenoxy) is 2. The maximum absolute atomic E-state index is 5.94. The number of pyridine rings is 1. The zero-order valence-electron chi connectivity index (χ0n) is 23.2. The average molecular weight is 554 g/mol. The first-order valence-electron chi connectivity index (χ1n) is 13.8. The molecule has 2 aromatic carbocycles. The molecule has 2 aliphatic heterocycles. The van der Waals surface area contributed by atoms with Gasteiger partial charge in [-0.25, -0.2) is 0 Å². The normalized spacial score (nSPS) is 19.1. The van der Waals surface area contributed by atoms with Gasteiger partial charge in [0.25, 0.3) is 0 Å². The predicted molar refractivity (Wildman–Crippen MR) is 162 cm³/mol. The van der Waals surface area contributed by atoms with Crippen molar-refractivity contribution >= 4 is 23.0 Å². The van der Waals surface area contributed by atoms with Crippen LogP contribution in [0.1, 0.15) is 40.3 Å². The van der Waals surface area contributed by atoms with E-state index in [1.165, 1.54) is 28.2 Å². The molecule has 4 heterocycles. The third-order valence-electron chi connectivity index (χ3n) is 7.98. The molecule has 1 N–H and O–H groups in total. The fourth-order valence-electron chi connectivity index (χ4n) is 5.96. The number of anilines is 1. The number of rotatable bonds is 7. The second-order valence-electron chi connectivity index (χ2n) is 10.4. The van der Waals surface area contributed by atoms with Gasteiger partial charge in [0.15, 0.2) is 5.11 Å². The SMILES string of the molecule is COc1ccc(CN2C(=S)N[C@H](c3ccccn3)[C@H]2c2cc(C)n(-c3ccc(N4CCOCC4)cc3)c2C)cc1. The van der Waals surface area contributed by atoms with Crippen LogP contribution in [0, 0.1) is 13.8 Å². The van der Waals surface area contributed by atoms with Gasteiger partial charge in [-0.3, -0.25) is 4.98 Å². The molecular weight excluding hydrogens is 518 g/mol. The third kappa shape index (κ3) is 5.05. The van der Waals surface area contributed by atoms with E-state index in [0.717, 1.165) is 48.5 Å². The Morgan fingerprint density at radius 2 is 1.70 bits per heavy atom. The molecule has 0 unspecified atom stereocenters. The van der Waals surface area contributed by atoms with E-state index in [-0.39, 0.29) is 12.1 Å². The summed E-state index contributed by atoms with van der Waals surface area (Å²) in [5.74, 6) is 0.844. The first kappa shape index (κ1) is 26.3. The zero-order chi connectivity index (χ0) is 27.6. The van der Waals surface area contributed by atoms with Gasteiger partial charge in [0, 0.05) is 48.6 Å². The lowest BCUT2D eigenvalue weighted by atomic mass is 9.96. The van der Waals surface area contributed by atoms with Gasteiger partial charge >= 0.3 is 0 Å². The molecule has 0 radical (unpaired) electrons. The number of nitrogens with one attached hydrogen (secondary N) is 1. The lowest BCUT2D eigenvalue weighted by Gasteiger charge is -2.29. The maximum Gasteiger partial charge on any atom is 0.170 e. The Kier molecular flexibility index (Phi) is 7.45. The quantitative estimate of drug-likeness (QED) is 0.303. The van der Waals surface area contributed by atoms with E-state index >= 15 is 0 Å². The summed E-state index contributed by atoms with van der Waals surface area (Å²) in [5, 5.41) is 4.33. The van der Waals surface area contributed by atoms with Crippen LogP contribution in [-0.4, -0.2) is 53.0 Å². The molecule has 4 aromatic rings. The molecule has 8 heteroatoms. The lowest BCUT2D eigenvalue weighted by molar-refractivity contribution is 0.122. The Labute approximate surface area is 241 Å². The minimum atomic E-state index is -0.0652. The van der Waals surface area contributed by atoms with Gasteiger partial charge in [-0.05, 0) is 91.8 Å². The second-order valence-corrected chi connectivity index (χ2v) is 10.8. The molecule has 2 saturated heterocycles. The summed E-state index contributed by atoms with van der Waals surface area (Å²) < 4.78 is 13.2. The zero-order valence-corrected chi connectivity index (χ0v) is 24.0. The van der Waals surface area contributed by atoms with Crippen LogP contribution < -0.4 is 15.0 Å². The van der Waals surface area contributed by atoms with Gasteiger partial charge in [0.1, 0.15) is 5.75 Å². The van der Waals surface area contributed by atoms with Crippen molar-refractivity contribution in [2.24, 2.45) is 0 Å². The maximum atomic E-state index is 5.94. The van der Waals surface area contributed by atoms with E-state index in [4.69, 9.17) is 26.7 Å². The molecule has 206 valence electrons. The number of nitrogens with zero attached hydrogens (tertiary/aromatic N) is 4. The van der Waals surface area contributed by atoms with Crippen LogP contribution in [0.25, 0.3) is 5.69 Å². The Morgan fingerprint density at radius 1 is 0.975 bits per heavy atom. The summed E-state index contributed by atoms with van der Waals surface area (Å²) in [6, 6.07) is 25.4. The first-order chi connectivity index (χ1) is 19.5. The number of aryl methyl sites for hydroxylation is 1. The minimum absolute atomic E-state index is 0.0166. The van der Waals surface area contributed by atoms with Gasteiger partial charge in [-0.1, -0.05) is 18.2 Å². The van der Waals surface area contributed by atoms with Crippen LogP contribution in [0.2, 0.25) is 0 Å². The van der Waals surface area contributed by atoms with Gasteiger partial charge < -0.3 is 29.2 Å². The lowest BCUT2D eigenvalue weighted by Crippen LogP contribution is -2.36. The molecule has 0 saturated carbocycles. The van der Waals surface area contributed by atoms with Crippen LogP contribution in [0.4, 0.5) is 5.69 Å². The van der Waals surface area contributed by atoms with E-state index in [0.29, 0.717) is 6.54 Å². The van der Waals surface area contributed by atoms with Crippen LogP contribution in [0.3, 0.4) is 0 Å². The highest BCUT2D eigenvalue weighted by atomic mass is 32.1. The number of aromatic nitrogens is 2. The van der Waals surface area contributed by atoms with E-state index in [1.54, 1.807) is 7.11 Å². The molecule has 2 aliphatic rings. The summed E-state index contributed by atoms with van der Waals surface area (Å²) in [6.45, 7) is 8.49. The van der Waals surface area contributed by atoms with Crippen molar-refractivity contribution < 1.29 is 9.47 Å². The number of benzene rings is 2. The van der Waals surface area contributed by atoms with Crippen molar-refractivity contribution in [1.29, 1.82) is 0 Å². The largest absolute Gasteiger partial charge is 0.497 e. The Morgan fingerprint density at radius 3 is 2.38 bits per heavy atom.